The van der Waals surface area contributed by atoms with Gasteiger partial charge in [-0.2, -0.15) is 0 Å². The lowest BCUT2D eigenvalue weighted by atomic mass is 9.97. The first-order valence-electron chi connectivity index (χ1n) is 6.69. The molecule has 2 aliphatic rings. The van der Waals surface area contributed by atoms with Crippen LogP contribution >= 0.6 is 0 Å². The van der Waals surface area contributed by atoms with Gasteiger partial charge in [0, 0.05) is 26.2 Å². The van der Waals surface area contributed by atoms with Gasteiger partial charge in [0.05, 0.1) is 6.54 Å². The largest absolute Gasteiger partial charge is 0.342 e. The zero-order valence-corrected chi connectivity index (χ0v) is 10.6. The lowest BCUT2D eigenvalue weighted by molar-refractivity contribution is -0.135. The molecule has 0 atom stereocenters. The molecule has 16 heavy (non-hydrogen) atoms. The molecule has 2 aliphatic heterocycles. The second-order valence-corrected chi connectivity index (χ2v) is 5.53. The number of piperidine rings is 1. The summed E-state index contributed by atoms with van der Waals surface area (Å²) in [6, 6.07) is 0. The maximum Gasteiger partial charge on any atom is 0.236 e. The highest BCUT2D eigenvalue weighted by molar-refractivity contribution is 5.78. The molecular formula is C13H24N2O. The van der Waals surface area contributed by atoms with E-state index in [4.69, 9.17) is 0 Å². The third-order valence-corrected chi connectivity index (χ3v) is 4.11. The lowest BCUT2D eigenvalue weighted by Gasteiger charge is -2.40. The number of rotatable bonds is 3. The van der Waals surface area contributed by atoms with Crippen LogP contribution < -0.4 is 0 Å². The van der Waals surface area contributed by atoms with Crippen LogP contribution in [-0.4, -0.2) is 48.4 Å². The molecule has 0 N–H and O–H groups in total. The van der Waals surface area contributed by atoms with Gasteiger partial charge in [-0.3, -0.25) is 9.69 Å². The number of amides is 1. The van der Waals surface area contributed by atoms with E-state index in [0.29, 0.717) is 12.5 Å². The van der Waals surface area contributed by atoms with Crippen LogP contribution in [0.2, 0.25) is 0 Å². The predicted octanol–water partition coefficient (Wildman–Crippen LogP) is 1.59. The van der Waals surface area contributed by atoms with Crippen LogP contribution in [0.5, 0.6) is 0 Å². The molecular weight excluding hydrogens is 200 g/mol. The monoisotopic (exact) mass is 224 g/mol. The molecule has 3 heteroatoms. The Balaban J connectivity index is 1.68. The Morgan fingerprint density at radius 2 is 1.88 bits per heavy atom. The van der Waals surface area contributed by atoms with E-state index >= 15 is 0 Å². The number of hydrogen-bond donors (Lipinski definition) is 0. The Labute approximate surface area is 98.8 Å². The summed E-state index contributed by atoms with van der Waals surface area (Å²) < 4.78 is 0. The fourth-order valence-corrected chi connectivity index (χ4v) is 2.61. The van der Waals surface area contributed by atoms with E-state index in [1.54, 1.807) is 0 Å². The third kappa shape index (κ3) is 2.76. The zero-order chi connectivity index (χ0) is 11.5. The molecule has 2 saturated heterocycles. The van der Waals surface area contributed by atoms with Crippen molar-refractivity contribution in [2.75, 3.05) is 32.7 Å². The van der Waals surface area contributed by atoms with Crippen LogP contribution in [0.25, 0.3) is 0 Å². The molecule has 0 radical (unpaired) electrons. The van der Waals surface area contributed by atoms with Gasteiger partial charge in [-0.25, -0.2) is 0 Å². The Hall–Kier alpha value is -0.570. The van der Waals surface area contributed by atoms with Gasteiger partial charge < -0.3 is 4.90 Å². The molecule has 2 heterocycles. The van der Waals surface area contributed by atoms with Crippen LogP contribution in [0.15, 0.2) is 0 Å². The number of carbonyl (C=O) groups is 1. The van der Waals surface area contributed by atoms with Gasteiger partial charge >= 0.3 is 0 Å². The van der Waals surface area contributed by atoms with E-state index in [0.717, 1.165) is 38.0 Å². The van der Waals surface area contributed by atoms with Gasteiger partial charge in [0.2, 0.25) is 5.91 Å². The summed E-state index contributed by atoms with van der Waals surface area (Å²) in [5.74, 6) is 1.99. The first-order chi connectivity index (χ1) is 7.69. The average molecular weight is 224 g/mol. The highest BCUT2D eigenvalue weighted by atomic mass is 16.2. The van der Waals surface area contributed by atoms with Crippen LogP contribution in [0, 0.1) is 11.8 Å². The van der Waals surface area contributed by atoms with Crippen LogP contribution in [-0.2, 0) is 4.79 Å². The quantitative estimate of drug-likeness (QED) is 0.727. The van der Waals surface area contributed by atoms with Crippen molar-refractivity contribution in [3.8, 4) is 0 Å². The Morgan fingerprint density at radius 3 is 2.44 bits per heavy atom. The SMILES string of the molecule is CCC1CN(CC(=O)N2CCC(C)CC2)C1. The maximum absolute atomic E-state index is 12.0. The van der Waals surface area contributed by atoms with Gasteiger partial charge in [0.25, 0.3) is 0 Å². The summed E-state index contributed by atoms with van der Waals surface area (Å²) in [5.41, 5.74) is 0. The van der Waals surface area contributed by atoms with E-state index in [1.165, 1.54) is 19.3 Å². The molecule has 0 spiro atoms. The van der Waals surface area contributed by atoms with Gasteiger partial charge in [-0.1, -0.05) is 20.3 Å². The Morgan fingerprint density at radius 1 is 1.25 bits per heavy atom. The maximum atomic E-state index is 12.0. The molecule has 2 fully saturated rings. The molecule has 0 bridgehead atoms. The minimum absolute atomic E-state index is 0.349. The molecule has 92 valence electrons. The number of nitrogens with zero attached hydrogens (tertiary/aromatic N) is 2. The minimum atomic E-state index is 0.349. The molecule has 0 aliphatic carbocycles. The molecule has 2 rings (SSSR count). The van der Waals surface area contributed by atoms with Gasteiger partial charge in [-0.05, 0) is 24.7 Å². The first kappa shape index (κ1) is 11.9. The van der Waals surface area contributed by atoms with Gasteiger partial charge in [-0.15, -0.1) is 0 Å². The van der Waals surface area contributed by atoms with Crippen molar-refractivity contribution in [1.29, 1.82) is 0 Å². The first-order valence-corrected chi connectivity index (χ1v) is 6.69. The Kier molecular flexibility index (Phi) is 3.85. The highest BCUT2D eigenvalue weighted by Crippen LogP contribution is 2.20. The summed E-state index contributed by atoms with van der Waals surface area (Å²) in [5, 5.41) is 0. The van der Waals surface area contributed by atoms with E-state index in [2.05, 4.69) is 23.6 Å². The fourth-order valence-electron chi connectivity index (χ4n) is 2.61. The van der Waals surface area contributed by atoms with Crippen molar-refractivity contribution in [3.63, 3.8) is 0 Å². The normalized spacial score (nSPS) is 24.5. The smallest absolute Gasteiger partial charge is 0.236 e. The van der Waals surface area contributed by atoms with Crippen LogP contribution in [0.1, 0.15) is 33.1 Å². The highest BCUT2D eigenvalue weighted by Gasteiger charge is 2.28. The van der Waals surface area contributed by atoms with Gasteiger partial charge in [0.1, 0.15) is 0 Å². The second kappa shape index (κ2) is 5.17. The molecule has 0 saturated carbocycles. The van der Waals surface area contributed by atoms with E-state index in [1.807, 2.05) is 0 Å². The number of likely N-dealkylation sites (tertiary alicyclic amines) is 2. The van der Waals surface area contributed by atoms with E-state index < -0.39 is 0 Å². The Bertz CT molecular complexity index is 240. The van der Waals surface area contributed by atoms with Crippen molar-refractivity contribution >= 4 is 5.91 Å². The summed E-state index contributed by atoms with van der Waals surface area (Å²) >= 11 is 0. The summed E-state index contributed by atoms with van der Waals surface area (Å²) in [4.78, 5) is 16.3. The predicted molar refractivity (Wildman–Crippen MR) is 65.2 cm³/mol. The van der Waals surface area contributed by atoms with Crippen molar-refractivity contribution in [2.45, 2.75) is 33.1 Å². The van der Waals surface area contributed by atoms with Crippen molar-refractivity contribution in [2.24, 2.45) is 11.8 Å². The molecule has 1 amide bonds. The van der Waals surface area contributed by atoms with Crippen molar-refractivity contribution in [1.82, 2.24) is 9.80 Å². The molecule has 0 aromatic carbocycles. The molecule has 0 aromatic rings. The summed E-state index contributed by atoms with van der Waals surface area (Å²) in [6.45, 7) is 9.39. The second-order valence-electron chi connectivity index (χ2n) is 5.53. The van der Waals surface area contributed by atoms with Crippen molar-refractivity contribution < 1.29 is 4.79 Å². The zero-order valence-electron chi connectivity index (χ0n) is 10.6. The van der Waals surface area contributed by atoms with Gasteiger partial charge in [0.15, 0.2) is 0 Å². The molecule has 3 nitrogen and oxygen atoms in total. The molecule has 0 aromatic heterocycles. The minimum Gasteiger partial charge on any atom is -0.342 e. The average Bonchev–Trinajstić information content (AvgIpc) is 2.23. The van der Waals surface area contributed by atoms with E-state index in [-0.39, 0.29) is 0 Å². The molecule has 0 unspecified atom stereocenters. The summed E-state index contributed by atoms with van der Waals surface area (Å²) in [7, 11) is 0. The fraction of sp³-hybridized carbons (Fsp3) is 0.923. The number of hydrogen-bond acceptors (Lipinski definition) is 2. The van der Waals surface area contributed by atoms with Crippen molar-refractivity contribution in [3.05, 3.63) is 0 Å². The third-order valence-electron chi connectivity index (χ3n) is 4.11. The van der Waals surface area contributed by atoms with Crippen LogP contribution in [0.4, 0.5) is 0 Å². The van der Waals surface area contributed by atoms with Crippen LogP contribution in [0.3, 0.4) is 0 Å². The topological polar surface area (TPSA) is 23.6 Å². The lowest BCUT2D eigenvalue weighted by Crippen LogP contribution is -2.52. The number of carbonyl (C=O) groups excluding carboxylic acids is 1. The standard InChI is InChI=1S/C13H24N2O/c1-3-12-8-14(9-12)10-13(16)15-6-4-11(2)5-7-15/h11-12H,3-10H2,1-2H3. The summed E-state index contributed by atoms with van der Waals surface area (Å²) in [6.07, 6.45) is 3.62. The van der Waals surface area contributed by atoms with E-state index in [9.17, 15) is 4.79 Å².